The number of carbonyl (C=O) groups is 2. The first-order valence-electron chi connectivity index (χ1n) is 10.4. The van der Waals surface area contributed by atoms with E-state index in [4.69, 9.17) is 14.6 Å². The number of aromatic nitrogens is 3. The van der Waals surface area contributed by atoms with Crippen molar-refractivity contribution in [2.45, 2.75) is 25.6 Å². The molecule has 1 aliphatic rings. The van der Waals surface area contributed by atoms with Gasteiger partial charge in [-0.25, -0.2) is 9.78 Å². The van der Waals surface area contributed by atoms with Crippen LogP contribution in [0.3, 0.4) is 0 Å². The van der Waals surface area contributed by atoms with Crippen LogP contribution >= 0.6 is 0 Å². The van der Waals surface area contributed by atoms with Crippen LogP contribution < -0.4 is 4.74 Å². The lowest BCUT2D eigenvalue weighted by Crippen LogP contribution is -2.35. The van der Waals surface area contributed by atoms with E-state index in [0.717, 1.165) is 41.5 Å². The van der Waals surface area contributed by atoms with Gasteiger partial charge in [0.25, 0.3) is 0 Å². The van der Waals surface area contributed by atoms with Crippen molar-refractivity contribution >= 4 is 11.9 Å². The highest BCUT2D eigenvalue weighted by molar-refractivity contribution is 5.78. The number of para-hydroxylation sites is 1. The van der Waals surface area contributed by atoms with Crippen LogP contribution in [0.25, 0.3) is 11.3 Å². The summed E-state index contributed by atoms with van der Waals surface area (Å²) in [6.45, 7) is 2.06. The molecule has 0 aliphatic carbocycles. The quantitative estimate of drug-likeness (QED) is 0.621. The zero-order valence-corrected chi connectivity index (χ0v) is 18.3. The molecule has 3 heterocycles. The first-order chi connectivity index (χ1) is 16.2. The molecule has 11 heteroatoms. The first-order valence-corrected chi connectivity index (χ1v) is 10.4. The lowest BCUT2D eigenvalue weighted by Gasteiger charge is -2.20. The van der Waals surface area contributed by atoms with Gasteiger partial charge in [0.15, 0.2) is 0 Å². The van der Waals surface area contributed by atoms with Gasteiger partial charge in [0.2, 0.25) is 5.91 Å². The topological polar surface area (TPSA) is 97.5 Å². The van der Waals surface area contributed by atoms with Crippen molar-refractivity contribution in [2.75, 3.05) is 20.2 Å². The normalized spacial score (nSPS) is 13.2. The number of alkyl halides is 3. The van der Waals surface area contributed by atoms with Gasteiger partial charge in [-0.3, -0.25) is 9.78 Å². The Hall–Kier alpha value is -3.89. The lowest BCUT2D eigenvalue weighted by molar-refractivity contribution is -0.192. The Kier molecular flexibility index (Phi) is 7.87. The fourth-order valence-corrected chi connectivity index (χ4v) is 3.52. The third kappa shape index (κ3) is 6.12. The molecule has 0 spiro atoms. The number of rotatable bonds is 4. The molecule has 0 fully saturated rings. The van der Waals surface area contributed by atoms with E-state index in [-0.39, 0.29) is 5.91 Å². The number of ether oxygens (including phenoxy) is 1. The maximum Gasteiger partial charge on any atom is 0.490 e. The van der Waals surface area contributed by atoms with Gasteiger partial charge in [-0.1, -0.05) is 18.2 Å². The van der Waals surface area contributed by atoms with E-state index in [0.29, 0.717) is 19.5 Å². The molecule has 2 aromatic heterocycles. The molecule has 8 nitrogen and oxygen atoms in total. The fourth-order valence-electron chi connectivity index (χ4n) is 3.52. The molecule has 1 N–H and O–H groups in total. The Morgan fingerprint density at radius 2 is 1.76 bits per heavy atom. The van der Waals surface area contributed by atoms with Gasteiger partial charge in [-0.05, 0) is 24.3 Å². The van der Waals surface area contributed by atoms with Crippen LogP contribution in [0, 0.1) is 0 Å². The molecule has 0 bridgehead atoms. The van der Waals surface area contributed by atoms with Crippen molar-refractivity contribution in [3.63, 3.8) is 0 Å². The van der Waals surface area contributed by atoms with Crippen LogP contribution in [-0.2, 0) is 29.0 Å². The van der Waals surface area contributed by atoms with E-state index in [1.165, 1.54) is 0 Å². The SMILES string of the molecule is COc1ccccc1-c1cnc2n1CCN(C(=O)Cc1ccccn1)CC2.O=C(O)C(F)(F)F. The second-order valence-corrected chi connectivity index (χ2v) is 7.34. The number of pyridine rings is 1. The summed E-state index contributed by atoms with van der Waals surface area (Å²) in [5.41, 5.74) is 2.85. The maximum atomic E-state index is 12.7. The second kappa shape index (κ2) is 10.8. The number of aliphatic carboxylic acids is 1. The monoisotopic (exact) mass is 476 g/mol. The van der Waals surface area contributed by atoms with Crippen LogP contribution in [0.4, 0.5) is 13.2 Å². The molecule has 0 unspecified atom stereocenters. The van der Waals surface area contributed by atoms with Gasteiger partial charge in [0.05, 0.1) is 25.4 Å². The largest absolute Gasteiger partial charge is 0.496 e. The average molecular weight is 476 g/mol. The van der Waals surface area contributed by atoms with Gasteiger partial charge < -0.3 is 19.3 Å². The van der Waals surface area contributed by atoms with Crippen molar-refractivity contribution in [1.29, 1.82) is 0 Å². The molecule has 4 rings (SSSR count). The van der Waals surface area contributed by atoms with Gasteiger partial charge in [-0.2, -0.15) is 13.2 Å². The highest BCUT2D eigenvalue weighted by atomic mass is 19.4. The number of nitrogens with zero attached hydrogens (tertiary/aromatic N) is 4. The van der Waals surface area contributed by atoms with Gasteiger partial charge in [-0.15, -0.1) is 0 Å². The zero-order valence-electron chi connectivity index (χ0n) is 18.3. The minimum Gasteiger partial charge on any atom is -0.496 e. The average Bonchev–Trinajstić information content (AvgIpc) is 3.09. The Morgan fingerprint density at radius 3 is 2.41 bits per heavy atom. The molecule has 0 radical (unpaired) electrons. The highest BCUT2D eigenvalue weighted by Crippen LogP contribution is 2.31. The molecular weight excluding hydrogens is 453 g/mol. The second-order valence-electron chi connectivity index (χ2n) is 7.34. The summed E-state index contributed by atoms with van der Waals surface area (Å²) in [7, 11) is 1.68. The Bertz CT molecular complexity index is 1130. The van der Waals surface area contributed by atoms with Crippen LogP contribution in [0.1, 0.15) is 11.5 Å². The van der Waals surface area contributed by atoms with E-state index in [1.54, 1.807) is 13.3 Å². The van der Waals surface area contributed by atoms with Gasteiger partial charge in [0, 0.05) is 43.5 Å². The van der Waals surface area contributed by atoms with Crippen LogP contribution in [-0.4, -0.2) is 62.8 Å². The first kappa shape index (κ1) is 24.7. The van der Waals surface area contributed by atoms with Crippen molar-refractivity contribution in [3.05, 3.63) is 66.4 Å². The number of carbonyl (C=O) groups excluding carboxylic acids is 1. The van der Waals surface area contributed by atoms with E-state index in [9.17, 15) is 18.0 Å². The molecule has 1 amide bonds. The summed E-state index contributed by atoms with van der Waals surface area (Å²) in [5.74, 6) is -0.817. The molecule has 1 aliphatic heterocycles. The number of carboxylic acids is 1. The molecule has 3 aromatic rings. The molecule has 34 heavy (non-hydrogen) atoms. The minimum atomic E-state index is -5.08. The number of amides is 1. The Labute approximate surface area is 193 Å². The van der Waals surface area contributed by atoms with Crippen molar-refractivity contribution < 1.29 is 32.6 Å². The lowest BCUT2D eigenvalue weighted by atomic mass is 10.1. The predicted molar refractivity (Wildman–Crippen MR) is 116 cm³/mol. The number of hydrogen-bond acceptors (Lipinski definition) is 5. The smallest absolute Gasteiger partial charge is 0.490 e. The van der Waals surface area contributed by atoms with Gasteiger partial charge in [0.1, 0.15) is 11.6 Å². The molecule has 0 saturated carbocycles. The van der Waals surface area contributed by atoms with E-state index >= 15 is 0 Å². The van der Waals surface area contributed by atoms with Crippen LogP contribution in [0.15, 0.2) is 54.9 Å². The molecule has 0 saturated heterocycles. The van der Waals surface area contributed by atoms with Crippen LogP contribution in [0.5, 0.6) is 5.75 Å². The molecular formula is C23H23F3N4O4. The summed E-state index contributed by atoms with van der Waals surface area (Å²) in [6, 6.07) is 13.6. The third-order valence-corrected chi connectivity index (χ3v) is 5.17. The zero-order chi connectivity index (χ0) is 24.7. The summed E-state index contributed by atoms with van der Waals surface area (Å²) in [6.07, 6.45) is -0.385. The Balaban J connectivity index is 0.000000406. The summed E-state index contributed by atoms with van der Waals surface area (Å²) >= 11 is 0. The number of benzene rings is 1. The molecule has 180 valence electrons. The van der Waals surface area contributed by atoms with Crippen molar-refractivity contribution in [3.8, 4) is 17.0 Å². The number of imidazole rings is 1. The number of fused-ring (bicyclic) bond motifs is 1. The fraction of sp³-hybridized carbons (Fsp3) is 0.304. The van der Waals surface area contributed by atoms with Crippen molar-refractivity contribution in [2.24, 2.45) is 0 Å². The van der Waals surface area contributed by atoms with Gasteiger partial charge >= 0.3 is 12.1 Å². The van der Waals surface area contributed by atoms with Crippen LogP contribution in [0.2, 0.25) is 0 Å². The standard InChI is InChI=1S/C21H22N4O2.C2HF3O2/c1-27-19-8-3-2-7-17(19)18-15-23-20-9-11-24(12-13-25(18)20)21(26)14-16-6-4-5-10-22-16;3-2(4,5)1(6)7/h2-8,10,15H,9,11-14H2,1H3;(H,6,7). The highest BCUT2D eigenvalue weighted by Gasteiger charge is 2.38. The third-order valence-electron chi connectivity index (χ3n) is 5.17. The Morgan fingerprint density at radius 1 is 1.06 bits per heavy atom. The molecule has 0 atom stereocenters. The van der Waals surface area contributed by atoms with Crippen molar-refractivity contribution in [1.82, 2.24) is 19.4 Å². The number of methoxy groups -OCH3 is 1. The van der Waals surface area contributed by atoms with E-state index in [1.807, 2.05) is 53.6 Å². The molecule has 1 aromatic carbocycles. The summed E-state index contributed by atoms with van der Waals surface area (Å²) in [4.78, 5) is 32.4. The number of halogens is 3. The van der Waals surface area contributed by atoms with E-state index in [2.05, 4.69) is 14.5 Å². The van der Waals surface area contributed by atoms with E-state index < -0.39 is 12.1 Å². The predicted octanol–water partition coefficient (Wildman–Crippen LogP) is 3.21. The number of hydrogen-bond donors (Lipinski definition) is 1. The summed E-state index contributed by atoms with van der Waals surface area (Å²) < 4.78 is 39.4. The minimum absolute atomic E-state index is 0.110. The summed E-state index contributed by atoms with van der Waals surface area (Å²) in [5, 5.41) is 7.12. The maximum absolute atomic E-state index is 12.7. The number of carboxylic acid groups (broad SMARTS) is 1.